The third-order valence-electron chi connectivity index (χ3n) is 3.07. The Labute approximate surface area is 126 Å². The SMILES string of the molecule is Cc1ccc(NC(=S)N(c2ccccc2)C(C)C)cc1. The van der Waals surface area contributed by atoms with Gasteiger partial charge in [-0.3, -0.25) is 0 Å². The molecule has 104 valence electrons. The van der Waals surface area contributed by atoms with E-state index in [2.05, 4.69) is 55.3 Å². The second-order valence-corrected chi connectivity index (χ2v) is 5.48. The molecule has 2 aromatic carbocycles. The highest BCUT2D eigenvalue weighted by Gasteiger charge is 2.15. The number of hydrogen-bond acceptors (Lipinski definition) is 1. The summed E-state index contributed by atoms with van der Waals surface area (Å²) in [6.45, 7) is 6.35. The molecule has 0 heterocycles. The van der Waals surface area contributed by atoms with Crippen molar-refractivity contribution in [2.45, 2.75) is 26.8 Å². The normalized spacial score (nSPS) is 10.4. The summed E-state index contributed by atoms with van der Waals surface area (Å²) in [5.41, 5.74) is 3.36. The summed E-state index contributed by atoms with van der Waals surface area (Å²) < 4.78 is 0. The van der Waals surface area contributed by atoms with Gasteiger partial charge in [0.1, 0.15) is 0 Å². The van der Waals surface area contributed by atoms with Crippen molar-refractivity contribution < 1.29 is 0 Å². The maximum Gasteiger partial charge on any atom is 0.178 e. The second kappa shape index (κ2) is 6.53. The number of nitrogens with one attached hydrogen (secondary N) is 1. The molecule has 0 aliphatic rings. The molecular weight excluding hydrogens is 264 g/mol. The van der Waals surface area contributed by atoms with Crippen LogP contribution in [0.1, 0.15) is 19.4 Å². The number of thiocarbonyl (C=S) groups is 1. The Morgan fingerprint density at radius 2 is 1.60 bits per heavy atom. The van der Waals surface area contributed by atoms with E-state index in [-0.39, 0.29) is 0 Å². The van der Waals surface area contributed by atoms with Gasteiger partial charge in [-0.15, -0.1) is 0 Å². The van der Waals surface area contributed by atoms with Crippen molar-refractivity contribution in [3.8, 4) is 0 Å². The predicted molar refractivity (Wildman–Crippen MR) is 91.5 cm³/mol. The Bertz CT molecular complexity index is 561. The van der Waals surface area contributed by atoms with E-state index in [4.69, 9.17) is 12.2 Å². The zero-order chi connectivity index (χ0) is 14.5. The maximum absolute atomic E-state index is 5.56. The fraction of sp³-hybridized carbons (Fsp3) is 0.235. The van der Waals surface area contributed by atoms with Gasteiger partial charge in [-0.1, -0.05) is 35.9 Å². The molecule has 0 bridgehead atoms. The summed E-state index contributed by atoms with van der Waals surface area (Å²) in [6.07, 6.45) is 0. The topological polar surface area (TPSA) is 15.3 Å². The largest absolute Gasteiger partial charge is 0.332 e. The summed E-state index contributed by atoms with van der Waals surface area (Å²) in [7, 11) is 0. The molecule has 20 heavy (non-hydrogen) atoms. The van der Waals surface area contributed by atoms with Crippen molar-refractivity contribution in [3.05, 3.63) is 60.2 Å². The van der Waals surface area contributed by atoms with Crippen LogP contribution in [-0.2, 0) is 0 Å². The molecule has 3 heteroatoms. The van der Waals surface area contributed by atoms with Gasteiger partial charge in [0, 0.05) is 17.4 Å². The number of nitrogens with zero attached hydrogens (tertiary/aromatic N) is 1. The molecule has 0 aliphatic heterocycles. The zero-order valence-corrected chi connectivity index (χ0v) is 12.9. The molecule has 0 fully saturated rings. The molecular formula is C17H20N2S. The monoisotopic (exact) mass is 284 g/mol. The minimum atomic E-state index is 0.294. The van der Waals surface area contributed by atoms with Gasteiger partial charge in [0.2, 0.25) is 0 Å². The highest BCUT2D eigenvalue weighted by atomic mass is 32.1. The molecule has 0 aliphatic carbocycles. The van der Waals surface area contributed by atoms with Crippen molar-refractivity contribution in [3.63, 3.8) is 0 Å². The van der Waals surface area contributed by atoms with E-state index in [9.17, 15) is 0 Å². The van der Waals surface area contributed by atoms with Crippen molar-refractivity contribution in [1.29, 1.82) is 0 Å². The number of para-hydroxylation sites is 1. The Kier molecular flexibility index (Phi) is 4.74. The highest BCUT2D eigenvalue weighted by molar-refractivity contribution is 7.80. The number of anilines is 2. The van der Waals surface area contributed by atoms with Gasteiger partial charge < -0.3 is 10.2 Å². The third kappa shape index (κ3) is 3.58. The predicted octanol–water partition coefficient (Wildman–Crippen LogP) is 4.61. The number of hydrogen-bond donors (Lipinski definition) is 1. The van der Waals surface area contributed by atoms with Crippen LogP contribution in [0.2, 0.25) is 0 Å². The molecule has 0 radical (unpaired) electrons. The number of aryl methyl sites for hydroxylation is 1. The molecule has 0 saturated heterocycles. The van der Waals surface area contributed by atoms with Gasteiger partial charge in [0.25, 0.3) is 0 Å². The van der Waals surface area contributed by atoms with Gasteiger partial charge in [0.15, 0.2) is 5.11 Å². The average molecular weight is 284 g/mol. The molecule has 2 rings (SSSR count). The first-order valence-electron chi connectivity index (χ1n) is 6.80. The summed E-state index contributed by atoms with van der Waals surface area (Å²) in [4.78, 5) is 2.12. The van der Waals surface area contributed by atoms with Crippen LogP contribution in [0.5, 0.6) is 0 Å². The Morgan fingerprint density at radius 3 is 2.15 bits per heavy atom. The second-order valence-electron chi connectivity index (χ2n) is 5.10. The Balaban J connectivity index is 2.18. The van der Waals surface area contributed by atoms with E-state index in [0.29, 0.717) is 6.04 Å². The van der Waals surface area contributed by atoms with Crippen LogP contribution in [0.3, 0.4) is 0 Å². The van der Waals surface area contributed by atoms with Gasteiger partial charge >= 0.3 is 0 Å². The molecule has 2 aromatic rings. The van der Waals surface area contributed by atoms with Crippen LogP contribution in [-0.4, -0.2) is 11.2 Å². The van der Waals surface area contributed by atoms with Crippen molar-refractivity contribution in [2.75, 3.05) is 10.2 Å². The Hall–Kier alpha value is -1.87. The molecule has 0 spiro atoms. The molecule has 0 unspecified atom stereocenters. The fourth-order valence-corrected chi connectivity index (χ4v) is 2.49. The minimum absolute atomic E-state index is 0.294. The first kappa shape index (κ1) is 14.5. The summed E-state index contributed by atoms with van der Waals surface area (Å²) in [6, 6.07) is 18.8. The van der Waals surface area contributed by atoms with E-state index in [1.807, 2.05) is 30.3 Å². The smallest absolute Gasteiger partial charge is 0.178 e. The number of benzene rings is 2. The van der Waals surface area contributed by atoms with Crippen LogP contribution < -0.4 is 10.2 Å². The van der Waals surface area contributed by atoms with E-state index in [1.165, 1.54) is 5.56 Å². The lowest BCUT2D eigenvalue weighted by Gasteiger charge is -2.29. The van der Waals surface area contributed by atoms with E-state index < -0.39 is 0 Å². The highest BCUT2D eigenvalue weighted by Crippen LogP contribution is 2.19. The molecule has 1 N–H and O–H groups in total. The summed E-state index contributed by atoms with van der Waals surface area (Å²) >= 11 is 5.56. The van der Waals surface area contributed by atoms with Gasteiger partial charge in [-0.05, 0) is 57.3 Å². The van der Waals surface area contributed by atoms with Gasteiger partial charge in [-0.25, -0.2) is 0 Å². The van der Waals surface area contributed by atoms with Crippen molar-refractivity contribution >= 4 is 28.7 Å². The van der Waals surface area contributed by atoms with Crippen molar-refractivity contribution in [2.24, 2.45) is 0 Å². The minimum Gasteiger partial charge on any atom is -0.332 e. The maximum atomic E-state index is 5.56. The molecule has 2 nitrogen and oxygen atoms in total. The first-order chi connectivity index (χ1) is 9.58. The van der Waals surface area contributed by atoms with Crippen molar-refractivity contribution in [1.82, 2.24) is 0 Å². The van der Waals surface area contributed by atoms with Crippen LogP contribution in [0, 0.1) is 6.92 Å². The van der Waals surface area contributed by atoms with Crippen LogP contribution >= 0.6 is 12.2 Å². The van der Waals surface area contributed by atoms with Crippen LogP contribution in [0.15, 0.2) is 54.6 Å². The molecule has 0 saturated carbocycles. The first-order valence-corrected chi connectivity index (χ1v) is 7.20. The molecule has 0 aromatic heterocycles. The summed E-state index contributed by atoms with van der Waals surface area (Å²) in [5.74, 6) is 0. The van der Waals surface area contributed by atoms with Crippen LogP contribution in [0.4, 0.5) is 11.4 Å². The average Bonchev–Trinajstić information content (AvgIpc) is 2.42. The molecule has 0 atom stereocenters. The lowest BCUT2D eigenvalue weighted by Crippen LogP contribution is -2.40. The fourth-order valence-electron chi connectivity index (χ4n) is 2.06. The quantitative estimate of drug-likeness (QED) is 0.829. The number of rotatable bonds is 3. The lowest BCUT2D eigenvalue weighted by molar-refractivity contribution is 0.811. The van der Waals surface area contributed by atoms with E-state index >= 15 is 0 Å². The van der Waals surface area contributed by atoms with Crippen LogP contribution in [0.25, 0.3) is 0 Å². The Morgan fingerprint density at radius 1 is 1.00 bits per heavy atom. The lowest BCUT2D eigenvalue weighted by atomic mass is 10.2. The zero-order valence-electron chi connectivity index (χ0n) is 12.1. The molecule has 0 amide bonds. The summed E-state index contributed by atoms with van der Waals surface area (Å²) in [5, 5.41) is 4.02. The van der Waals surface area contributed by atoms with E-state index in [1.54, 1.807) is 0 Å². The van der Waals surface area contributed by atoms with Gasteiger partial charge in [0.05, 0.1) is 0 Å². The van der Waals surface area contributed by atoms with E-state index in [0.717, 1.165) is 16.5 Å². The van der Waals surface area contributed by atoms with Gasteiger partial charge in [-0.2, -0.15) is 0 Å². The third-order valence-corrected chi connectivity index (χ3v) is 3.37. The standard InChI is InChI=1S/C17H20N2S/c1-13(2)19(16-7-5-4-6-8-16)17(20)18-15-11-9-14(3)10-12-15/h4-13H,1-3H3,(H,18,20).